The van der Waals surface area contributed by atoms with Crippen molar-refractivity contribution in [2.75, 3.05) is 18.0 Å². The van der Waals surface area contributed by atoms with Crippen LogP contribution < -0.4 is 10.6 Å². The third kappa shape index (κ3) is 1.69. The van der Waals surface area contributed by atoms with Gasteiger partial charge >= 0.3 is 0 Å². The molecule has 1 saturated heterocycles. The van der Waals surface area contributed by atoms with Gasteiger partial charge in [0.25, 0.3) is 5.91 Å². The molecule has 1 aliphatic heterocycles. The molecule has 5 nitrogen and oxygen atoms in total. The molecule has 1 aromatic carbocycles. The minimum absolute atomic E-state index is 0.412. The Bertz CT molecular complexity index is 677. The predicted molar refractivity (Wildman–Crippen MR) is 75.6 cm³/mol. The highest BCUT2D eigenvalue weighted by atomic mass is 16.5. The molecular formula is C15H17N3O2. The molecule has 0 unspecified atom stereocenters. The third-order valence-electron chi connectivity index (χ3n) is 4.86. The highest BCUT2D eigenvalue weighted by molar-refractivity contribution is 6.06. The predicted octanol–water partition coefficient (Wildman–Crippen LogP) is 2.31. The first-order valence-corrected chi connectivity index (χ1v) is 7.11. The van der Waals surface area contributed by atoms with Gasteiger partial charge in [-0.3, -0.25) is 4.79 Å². The van der Waals surface area contributed by atoms with Gasteiger partial charge < -0.3 is 15.2 Å². The molecule has 2 aromatic rings. The van der Waals surface area contributed by atoms with E-state index in [2.05, 4.69) is 10.1 Å². The summed E-state index contributed by atoms with van der Waals surface area (Å²) in [6.07, 6.45) is 6.77. The molecule has 1 spiro atoms. The lowest BCUT2D eigenvalue weighted by atomic mass is 9.92. The average Bonchev–Trinajstić information content (AvgIpc) is 3.02. The first kappa shape index (κ1) is 11.8. The van der Waals surface area contributed by atoms with Crippen LogP contribution in [0.2, 0.25) is 0 Å². The Kier molecular flexibility index (Phi) is 2.34. The Morgan fingerprint density at radius 3 is 2.65 bits per heavy atom. The number of rotatable bonds is 2. The summed E-state index contributed by atoms with van der Waals surface area (Å²) in [6.45, 7) is 1.92. The second-order valence-corrected chi connectivity index (χ2v) is 6.06. The van der Waals surface area contributed by atoms with Crippen molar-refractivity contribution in [2.45, 2.75) is 25.7 Å². The summed E-state index contributed by atoms with van der Waals surface area (Å²) in [7, 11) is 0. The van der Waals surface area contributed by atoms with Crippen LogP contribution in [0.5, 0.6) is 0 Å². The number of carbonyl (C=O) groups excluding carboxylic acids is 1. The molecule has 1 amide bonds. The van der Waals surface area contributed by atoms with Crippen LogP contribution in [0, 0.1) is 5.41 Å². The van der Waals surface area contributed by atoms with Gasteiger partial charge in [-0.1, -0.05) is 5.16 Å². The van der Waals surface area contributed by atoms with Gasteiger partial charge in [-0.2, -0.15) is 0 Å². The molecule has 2 aliphatic rings. The second kappa shape index (κ2) is 3.98. The molecule has 2 N–H and O–H groups in total. The van der Waals surface area contributed by atoms with Crippen molar-refractivity contribution in [1.82, 2.24) is 5.16 Å². The molecule has 104 valence electrons. The van der Waals surface area contributed by atoms with Crippen molar-refractivity contribution in [2.24, 2.45) is 11.1 Å². The molecule has 2 heterocycles. The number of primary amides is 1. The fraction of sp³-hybridized carbons (Fsp3) is 0.467. The molecular weight excluding hydrogens is 254 g/mol. The van der Waals surface area contributed by atoms with Crippen molar-refractivity contribution in [1.29, 1.82) is 0 Å². The minimum Gasteiger partial charge on any atom is -0.368 e. The maximum atomic E-state index is 11.7. The number of benzene rings is 1. The summed E-state index contributed by atoms with van der Waals surface area (Å²) in [5, 5.41) is 4.76. The van der Waals surface area contributed by atoms with Gasteiger partial charge in [-0.25, -0.2) is 0 Å². The molecule has 1 aliphatic carbocycles. The number of carbonyl (C=O) groups is 1. The van der Waals surface area contributed by atoms with Crippen LogP contribution in [-0.2, 0) is 0 Å². The van der Waals surface area contributed by atoms with E-state index in [1.807, 2.05) is 6.07 Å². The summed E-state index contributed by atoms with van der Waals surface area (Å²) in [5.74, 6) is -0.412. The Labute approximate surface area is 116 Å². The molecule has 5 heteroatoms. The number of hydrogen-bond acceptors (Lipinski definition) is 4. The number of fused-ring (bicyclic) bond motifs is 1. The first-order valence-electron chi connectivity index (χ1n) is 7.11. The molecule has 1 saturated carbocycles. The summed E-state index contributed by atoms with van der Waals surface area (Å²) >= 11 is 0. The lowest BCUT2D eigenvalue weighted by Gasteiger charge is -2.34. The SMILES string of the molecule is NC(=O)c1ccc2cnoc2c1N1CCC2(CC1)CC2. The summed E-state index contributed by atoms with van der Waals surface area (Å²) in [6, 6.07) is 3.61. The van der Waals surface area contributed by atoms with Crippen molar-refractivity contribution < 1.29 is 9.32 Å². The Balaban J connectivity index is 1.78. The molecule has 0 bridgehead atoms. The van der Waals surface area contributed by atoms with E-state index in [0.29, 0.717) is 16.6 Å². The van der Waals surface area contributed by atoms with Crippen LogP contribution in [0.4, 0.5) is 5.69 Å². The minimum atomic E-state index is -0.412. The molecule has 4 rings (SSSR count). The monoisotopic (exact) mass is 271 g/mol. The number of piperidine rings is 1. The van der Waals surface area contributed by atoms with Crippen molar-refractivity contribution >= 4 is 22.6 Å². The smallest absolute Gasteiger partial charge is 0.250 e. The average molecular weight is 271 g/mol. The van der Waals surface area contributed by atoms with Crippen LogP contribution in [-0.4, -0.2) is 24.2 Å². The van der Waals surface area contributed by atoms with Crippen molar-refractivity contribution in [3.05, 3.63) is 23.9 Å². The highest BCUT2D eigenvalue weighted by Gasteiger charge is 2.45. The molecule has 0 atom stereocenters. The van der Waals surface area contributed by atoms with E-state index in [1.54, 1.807) is 12.3 Å². The summed E-state index contributed by atoms with van der Waals surface area (Å²) in [4.78, 5) is 13.9. The Morgan fingerprint density at radius 2 is 2.00 bits per heavy atom. The normalized spacial score (nSPS) is 20.5. The maximum Gasteiger partial charge on any atom is 0.250 e. The van der Waals surface area contributed by atoms with Gasteiger partial charge in [0.15, 0.2) is 5.58 Å². The largest absolute Gasteiger partial charge is 0.368 e. The van der Waals surface area contributed by atoms with Crippen LogP contribution >= 0.6 is 0 Å². The number of hydrogen-bond donors (Lipinski definition) is 1. The summed E-state index contributed by atoms with van der Waals surface area (Å²) < 4.78 is 5.36. The first-order chi connectivity index (χ1) is 9.69. The van der Waals surface area contributed by atoms with Gasteiger partial charge in [0.05, 0.1) is 17.4 Å². The van der Waals surface area contributed by atoms with Gasteiger partial charge in [0, 0.05) is 18.5 Å². The summed E-state index contributed by atoms with van der Waals surface area (Å²) in [5.41, 5.74) is 8.14. The van der Waals surface area contributed by atoms with Gasteiger partial charge in [0.1, 0.15) is 0 Å². The Hall–Kier alpha value is -2.04. The number of nitrogens with zero attached hydrogens (tertiary/aromatic N) is 2. The van der Waals surface area contributed by atoms with Crippen LogP contribution in [0.25, 0.3) is 11.0 Å². The lowest BCUT2D eigenvalue weighted by molar-refractivity contribution is 0.100. The van der Waals surface area contributed by atoms with E-state index < -0.39 is 5.91 Å². The van der Waals surface area contributed by atoms with E-state index in [0.717, 1.165) is 24.2 Å². The lowest BCUT2D eigenvalue weighted by Crippen LogP contribution is -2.35. The molecule has 2 fully saturated rings. The van der Waals surface area contributed by atoms with Crippen molar-refractivity contribution in [3.63, 3.8) is 0 Å². The van der Waals surface area contributed by atoms with E-state index in [-0.39, 0.29) is 0 Å². The van der Waals surface area contributed by atoms with Gasteiger partial charge in [0.2, 0.25) is 0 Å². The third-order valence-corrected chi connectivity index (χ3v) is 4.86. The maximum absolute atomic E-state index is 11.7. The number of aromatic nitrogens is 1. The zero-order chi connectivity index (χ0) is 13.7. The topological polar surface area (TPSA) is 72.4 Å². The second-order valence-electron chi connectivity index (χ2n) is 6.06. The number of amides is 1. The molecule has 1 aromatic heterocycles. The molecule has 0 radical (unpaired) electrons. The zero-order valence-corrected chi connectivity index (χ0v) is 11.3. The number of nitrogens with two attached hydrogens (primary N) is 1. The van der Waals surface area contributed by atoms with Crippen LogP contribution in [0.15, 0.2) is 22.9 Å². The van der Waals surface area contributed by atoms with Gasteiger partial charge in [-0.05, 0) is 43.2 Å². The van der Waals surface area contributed by atoms with Crippen LogP contribution in [0.1, 0.15) is 36.0 Å². The van der Waals surface area contributed by atoms with Crippen LogP contribution in [0.3, 0.4) is 0 Å². The van der Waals surface area contributed by atoms with Gasteiger partial charge in [-0.15, -0.1) is 0 Å². The molecule has 20 heavy (non-hydrogen) atoms. The quantitative estimate of drug-likeness (QED) is 0.909. The fourth-order valence-corrected chi connectivity index (χ4v) is 3.31. The highest BCUT2D eigenvalue weighted by Crippen LogP contribution is 2.54. The van der Waals surface area contributed by atoms with E-state index in [1.165, 1.54) is 25.7 Å². The zero-order valence-electron chi connectivity index (χ0n) is 11.3. The van der Waals surface area contributed by atoms with E-state index in [4.69, 9.17) is 10.3 Å². The standard InChI is InChI=1S/C15H17N3O2/c16-14(19)11-2-1-10-9-17-20-13(10)12(11)18-7-5-15(3-4-15)6-8-18/h1-2,9H,3-8H2,(H2,16,19). The van der Waals surface area contributed by atoms with E-state index in [9.17, 15) is 4.79 Å². The Morgan fingerprint density at radius 1 is 1.25 bits per heavy atom. The van der Waals surface area contributed by atoms with Crippen molar-refractivity contribution in [3.8, 4) is 0 Å². The van der Waals surface area contributed by atoms with E-state index >= 15 is 0 Å². The fourth-order valence-electron chi connectivity index (χ4n) is 3.31. The number of anilines is 1.